The van der Waals surface area contributed by atoms with E-state index in [2.05, 4.69) is 22.1 Å². The zero-order valence-corrected chi connectivity index (χ0v) is 11.0. The predicted octanol–water partition coefficient (Wildman–Crippen LogP) is 1.95. The molecule has 5 nitrogen and oxygen atoms in total. The third-order valence-corrected chi connectivity index (χ3v) is 4.11. The summed E-state index contributed by atoms with van der Waals surface area (Å²) in [5.74, 6) is 1.90. The molecule has 1 aliphatic carbocycles. The molecule has 18 heavy (non-hydrogen) atoms. The first-order valence-electron chi connectivity index (χ1n) is 6.93. The molecule has 0 unspecified atom stereocenters. The van der Waals surface area contributed by atoms with Gasteiger partial charge in [0, 0.05) is 18.6 Å². The molecule has 1 saturated carbocycles. The largest absolute Gasteiger partial charge is 0.381 e. The van der Waals surface area contributed by atoms with Crippen molar-refractivity contribution < 1.29 is 9.26 Å². The van der Waals surface area contributed by atoms with Crippen LogP contribution in [0.2, 0.25) is 0 Å². The zero-order chi connectivity index (χ0) is 12.4. The van der Waals surface area contributed by atoms with Crippen LogP contribution in [0.1, 0.15) is 49.7 Å². The molecule has 0 radical (unpaired) electrons. The molecule has 0 amide bonds. The molecule has 1 aromatic rings. The van der Waals surface area contributed by atoms with Crippen LogP contribution in [-0.2, 0) is 11.3 Å². The van der Waals surface area contributed by atoms with Gasteiger partial charge in [0.05, 0.1) is 13.2 Å². The Labute approximate surface area is 107 Å². The van der Waals surface area contributed by atoms with Crippen molar-refractivity contribution in [1.29, 1.82) is 0 Å². The van der Waals surface area contributed by atoms with Gasteiger partial charge in [0.25, 0.3) is 0 Å². The smallest absolute Gasteiger partial charge is 0.240 e. The summed E-state index contributed by atoms with van der Waals surface area (Å²) in [6.07, 6.45) is 6.31. The van der Waals surface area contributed by atoms with E-state index in [4.69, 9.17) is 9.26 Å². The van der Waals surface area contributed by atoms with Gasteiger partial charge in [0.15, 0.2) is 5.82 Å². The first-order chi connectivity index (χ1) is 8.83. The lowest BCUT2D eigenvalue weighted by atomic mass is 10.1. The highest BCUT2D eigenvalue weighted by Crippen LogP contribution is 2.25. The maximum Gasteiger partial charge on any atom is 0.240 e. The van der Waals surface area contributed by atoms with Crippen molar-refractivity contribution in [3.63, 3.8) is 0 Å². The van der Waals surface area contributed by atoms with Crippen LogP contribution in [0, 0.1) is 0 Å². The van der Waals surface area contributed by atoms with Crippen molar-refractivity contribution in [2.45, 2.75) is 50.6 Å². The van der Waals surface area contributed by atoms with E-state index in [-0.39, 0.29) is 0 Å². The molecule has 2 heterocycles. The lowest BCUT2D eigenvalue weighted by molar-refractivity contribution is 0.192. The molecule has 1 saturated heterocycles. The first-order valence-corrected chi connectivity index (χ1v) is 6.93. The van der Waals surface area contributed by atoms with Gasteiger partial charge in [-0.15, -0.1) is 0 Å². The molecular weight excluding hydrogens is 230 g/mol. The second kappa shape index (κ2) is 5.36. The quantitative estimate of drug-likeness (QED) is 0.818. The summed E-state index contributed by atoms with van der Waals surface area (Å²) in [7, 11) is 2.15. The average molecular weight is 251 g/mol. The standard InChI is InChI=1S/C13H21N3O2/c1-16(11-4-2-3-5-11)8-12-14-13(15-18-12)10-6-7-17-9-10/h10-11H,2-9H2,1H3/t10-/m0/s1. The summed E-state index contributed by atoms with van der Waals surface area (Å²) in [5.41, 5.74) is 0. The van der Waals surface area contributed by atoms with Crippen LogP contribution < -0.4 is 0 Å². The van der Waals surface area contributed by atoms with Crippen LogP contribution in [0.25, 0.3) is 0 Å². The normalized spacial score (nSPS) is 25.3. The second-order valence-corrected chi connectivity index (χ2v) is 5.46. The van der Waals surface area contributed by atoms with Crippen molar-refractivity contribution in [3.8, 4) is 0 Å². The summed E-state index contributed by atoms with van der Waals surface area (Å²) < 4.78 is 10.7. The summed E-state index contributed by atoms with van der Waals surface area (Å²) >= 11 is 0. The molecule has 0 aromatic carbocycles. The van der Waals surface area contributed by atoms with Gasteiger partial charge in [0.2, 0.25) is 5.89 Å². The lowest BCUT2D eigenvalue weighted by Crippen LogP contribution is -2.28. The van der Waals surface area contributed by atoms with Gasteiger partial charge in [-0.2, -0.15) is 4.98 Å². The molecule has 1 aromatic heterocycles. The Morgan fingerprint density at radius 1 is 1.28 bits per heavy atom. The SMILES string of the molecule is CN(Cc1nc([C@H]2CCOC2)no1)C1CCCC1. The van der Waals surface area contributed by atoms with Crippen molar-refractivity contribution in [2.24, 2.45) is 0 Å². The van der Waals surface area contributed by atoms with Crippen LogP contribution in [-0.4, -0.2) is 41.3 Å². The predicted molar refractivity (Wildman–Crippen MR) is 66.2 cm³/mol. The monoisotopic (exact) mass is 251 g/mol. The maximum atomic E-state index is 5.35. The number of hydrogen-bond donors (Lipinski definition) is 0. The van der Waals surface area contributed by atoms with E-state index in [0.29, 0.717) is 12.0 Å². The number of aromatic nitrogens is 2. The molecule has 1 aliphatic heterocycles. The topological polar surface area (TPSA) is 51.4 Å². The fourth-order valence-corrected chi connectivity index (χ4v) is 2.92. The second-order valence-electron chi connectivity index (χ2n) is 5.46. The summed E-state index contributed by atoms with van der Waals surface area (Å²) in [6, 6.07) is 0.690. The minimum atomic E-state index is 0.333. The molecule has 0 spiro atoms. The molecule has 2 fully saturated rings. The van der Waals surface area contributed by atoms with Gasteiger partial charge in [0.1, 0.15) is 0 Å². The summed E-state index contributed by atoms with van der Waals surface area (Å²) in [5, 5.41) is 4.09. The molecule has 3 rings (SSSR count). The number of nitrogens with zero attached hydrogens (tertiary/aromatic N) is 3. The Hall–Kier alpha value is -0.940. The Bertz CT molecular complexity index is 381. The van der Waals surface area contributed by atoms with Gasteiger partial charge in [-0.05, 0) is 26.3 Å². The van der Waals surface area contributed by atoms with E-state index in [1.54, 1.807) is 0 Å². The van der Waals surface area contributed by atoms with Gasteiger partial charge < -0.3 is 9.26 Å². The van der Waals surface area contributed by atoms with Crippen LogP contribution >= 0.6 is 0 Å². The molecule has 5 heteroatoms. The highest BCUT2D eigenvalue weighted by molar-refractivity contribution is 4.97. The average Bonchev–Trinajstić information content (AvgIpc) is 3.12. The van der Waals surface area contributed by atoms with Crippen molar-refractivity contribution in [2.75, 3.05) is 20.3 Å². The van der Waals surface area contributed by atoms with E-state index in [9.17, 15) is 0 Å². The molecular formula is C13H21N3O2. The highest BCUT2D eigenvalue weighted by Gasteiger charge is 2.25. The van der Waals surface area contributed by atoms with Crippen LogP contribution in [0.5, 0.6) is 0 Å². The Balaban J connectivity index is 1.58. The number of rotatable bonds is 4. The zero-order valence-electron chi connectivity index (χ0n) is 11.0. The third-order valence-electron chi connectivity index (χ3n) is 4.11. The molecule has 0 N–H and O–H groups in total. The Kier molecular flexibility index (Phi) is 3.61. The van der Waals surface area contributed by atoms with E-state index in [0.717, 1.165) is 37.9 Å². The minimum Gasteiger partial charge on any atom is -0.381 e. The number of hydrogen-bond acceptors (Lipinski definition) is 5. The molecule has 100 valence electrons. The highest BCUT2D eigenvalue weighted by atomic mass is 16.5. The van der Waals surface area contributed by atoms with Crippen LogP contribution in [0.4, 0.5) is 0 Å². The Morgan fingerprint density at radius 3 is 2.83 bits per heavy atom. The van der Waals surface area contributed by atoms with Gasteiger partial charge >= 0.3 is 0 Å². The maximum absolute atomic E-state index is 5.35. The van der Waals surface area contributed by atoms with Crippen molar-refractivity contribution >= 4 is 0 Å². The molecule has 2 aliphatic rings. The van der Waals surface area contributed by atoms with E-state index in [1.165, 1.54) is 25.7 Å². The van der Waals surface area contributed by atoms with Gasteiger partial charge in [-0.1, -0.05) is 18.0 Å². The number of ether oxygens (including phenoxy) is 1. The van der Waals surface area contributed by atoms with E-state index < -0.39 is 0 Å². The summed E-state index contributed by atoms with van der Waals surface area (Å²) in [4.78, 5) is 6.85. The van der Waals surface area contributed by atoms with E-state index in [1.807, 2.05) is 0 Å². The van der Waals surface area contributed by atoms with Crippen molar-refractivity contribution in [3.05, 3.63) is 11.7 Å². The van der Waals surface area contributed by atoms with Crippen molar-refractivity contribution in [1.82, 2.24) is 15.0 Å². The van der Waals surface area contributed by atoms with E-state index >= 15 is 0 Å². The van der Waals surface area contributed by atoms with Crippen LogP contribution in [0.3, 0.4) is 0 Å². The fourth-order valence-electron chi connectivity index (χ4n) is 2.92. The van der Waals surface area contributed by atoms with Gasteiger partial charge in [-0.25, -0.2) is 0 Å². The van der Waals surface area contributed by atoms with Crippen LogP contribution in [0.15, 0.2) is 4.52 Å². The van der Waals surface area contributed by atoms with Gasteiger partial charge in [-0.3, -0.25) is 4.90 Å². The fraction of sp³-hybridized carbons (Fsp3) is 0.846. The first kappa shape index (κ1) is 12.1. The minimum absolute atomic E-state index is 0.333. The Morgan fingerprint density at radius 2 is 2.11 bits per heavy atom. The third kappa shape index (κ3) is 2.57. The molecule has 0 bridgehead atoms. The lowest BCUT2D eigenvalue weighted by Gasteiger charge is -2.21. The molecule has 1 atom stereocenters. The summed E-state index contributed by atoms with van der Waals surface area (Å²) in [6.45, 7) is 2.32.